The molecule has 0 bridgehead atoms. The molecule has 1 saturated carbocycles. The number of aliphatic hydroxyl groups excluding tert-OH is 1. The summed E-state index contributed by atoms with van der Waals surface area (Å²) >= 11 is 0. The van der Waals surface area contributed by atoms with Gasteiger partial charge < -0.3 is 5.11 Å². The van der Waals surface area contributed by atoms with Crippen LogP contribution in [0.5, 0.6) is 0 Å². The van der Waals surface area contributed by atoms with Crippen LogP contribution in [-0.4, -0.2) is 34.5 Å². The zero-order valence-corrected chi connectivity index (χ0v) is 10.4. The van der Waals surface area contributed by atoms with Gasteiger partial charge in [-0.05, 0) is 19.3 Å². The second-order valence-corrected chi connectivity index (χ2v) is 5.39. The van der Waals surface area contributed by atoms with E-state index < -0.39 is 11.5 Å². The Labute approximate surface area is 102 Å². The molecule has 17 heavy (non-hydrogen) atoms. The van der Waals surface area contributed by atoms with E-state index in [9.17, 15) is 14.7 Å². The van der Waals surface area contributed by atoms with Crippen molar-refractivity contribution in [2.45, 2.75) is 58.0 Å². The van der Waals surface area contributed by atoms with Gasteiger partial charge in [0.05, 0.1) is 18.1 Å². The van der Waals surface area contributed by atoms with Crippen LogP contribution in [0.2, 0.25) is 0 Å². The summed E-state index contributed by atoms with van der Waals surface area (Å²) in [5.41, 5.74) is -0.414. The molecule has 2 aliphatic rings. The first kappa shape index (κ1) is 12.6. The van der Waals surface area contributed by atoms with Gasteiger partial charge in [-0.15, -0.1) is 0 Å². The maximum atomic E-state index is 12.3. The van der Waals surface area contributed by atoms with Crippen molar-refractivity contribution in [3.05, 3.63) is 0 Å². The van der Waals surface area contributed by atoms with Crippen LogP contribution in [0.4, 0.5) is 0 Å². The minimum absolute atomic E-state index is 0.0327. The molecule has 2 amide bonds. The van der Waals surface area contributed by atoms with Crippen LogP contribution < -0.4 is 0 Å². The van der Waals surface area contributed by atoms with Gasteiger partial charge in [0.2, 0.25) is 11.8 Å². The van der Waals surface area contributed by atoms with Crippen molar-refractivity contribution in [1.82, 2.24) is 4.90 Å². The second-order valence-electron chi connectivity index (χ2n) is 5.39. The highest BCUT2D eigenvalue weighted by Crippen LogP contribution is 2.45. The van der Waals surface area contributed by atoms with Crippen LogP contribution in [0.25, 0.3) is 0 Å². The largest absolute Gasteiger partial charge is 0.391 e. The zero-order chi connectivity index (χ0) is 12.5. The number of amides is 2. The van der Waals surface area contributed by atoms with Crippen molar-refractivity contribution in [2.75, 3.05) is 6.54 Å². The molecule has 2 fully saturated rings. The monoisotopic (exact) mass is 239 g/mol. The molecule has 0 radical (unpaired) electrons. The van der Waals surface area contributed by atoms with E-state index in [2.05, 4.69) is 0 Å². The predicted molar refractivity (Wildman–Crippen MR) is 63.2 cm³/mol. The van der Waals surface area contributed by atoms with Crippen molar-refractivity contribution >= 4 is 11.8 Å². The summed E-state index contributed by atoms with van der Waals surface area (Å²) in [5.74, 6) is -0.126. The molecule has 1 saturated heterocycles. The first-order valence-electron chi connectivity index (χ1n) is 6.62. The Bertz CT molecular complexity index is 321. The van der Waals surface area contributed by atoms with Gasteiger partial charge >= 0.3 is 0 Å². The Morgan fingerprint density at radius 1 is 1.29 bits per heavy atom. The quantitative estimate of drug-likeness (QED) is 0.759. The van der Waals surface area contributed by atoms with Gasteiger partial charge in [-0.25, -0.2) is 0 Å². The fraction of sp³-hybridized carbons (Fsp3) is 0.846. The molecule has 4 heteroatoms. The number of imide groups is 1. The minimum atomic E-state index is -0.582. The summed E-state index contributed by atoms with van der Waals surface area (Å²) in [5, 5.41) is 9.59. The third-order valence-corrected chi connectivity index (χ3v) is 4.16. The molecule has 0 aromatic carbocycles. The number of hydrogen-bond donors (Lipinski definition) is 1. The number of hydrogen-bond acceptors (Lipinski definition) is 3. The Kier molecular flexibility index (Phi) is 3.52. The van der Waals surface area contributed by atoms with Gasteiger partial charge in [-0.3, -0.25) is 14.5 Å². The van der Waals surface area contributed by atoms with Crippen molar-refractivity contribution < 1.29 is 14.7 Å². The first-order chi connectivity index (χ1) is 8.09. The van der Waals surface area contributed by atoms with Gasteiger partial charge in [0, 0.05) is 6.42 Å². The third-order valence-electron chi connectivity index (χ3n) is 4.16. The summed E-state index contributed by atoms with van der Waals surface area (Å²) in [7, 11) is 0. The molecule has 0 aromatic rings. The number of nitrogens with zero attached hydrogens (tertiary/aromatic N) is 1. The summed E-state index contributed by atoms with van der Waals surface area (Å²) in [6.45, 7) is 2.03. The predicted octanol–water partition coefficient (Wildman–Crippen LogP) is 1.47. The molecule has 1 N–H and O–H groups in total. The average Bonchev–Trinajstić information content (AvgIpc) is 2.55. The third kappa shape index (κ3) is 2.23. The molecular formula is C13H21NO3. The molecule has 1 unspecified atom stereocenters. The molecule has 1 atom stereocenters. The van der Waals surface area contributed by atoms with E-state index in [4.69, 9.17) is 0 Å². The number of rotatable bonds is 3. The standard InChI is InChI=1S/C13H21NO3/c1-2-10(15)9-14-11(16)8-13(12(14)17)6-4-3-5-7-13/h10,15H,2-9H2,1H3. The van der Waals surface area contributed by atoms with E-state index in [0.717, 1.165) is 25.7 Å². The summed E-state index contributed by atoms with van der Waals surface area (Å²) in [4.78, 5) is 25.5. The van der Waals surface area contributed by atoms with Gasteiger partial charge in [0.15, 0.2) is 0 Å². The van der Waals surface area contributed by atoms with Gasteiger partial charge in [0.25, 0.3) is 0 Å². The first-order valence-corrected chi connectivity index (χ1v) is 6.62. The number of carbonyl (C=O) groups is 2. The molecule has 1 aliphatic carbocycles. The maximum Gasteiger partial charge on any atom is 0.235 e. The van der Waals surface area contributed by atoms with Crippen molar-refractivity contribution in [1.29, 1.82) is 0 Å². The van der Waals surface area contributed by atoms with E-state index in [1.54, 1.807) is 0 Å². The zero-order valence-electron chi connectivity index (χ0n) is 10.4. The van der Waals surface area contributed by atoms with Crippen molar-refractivity contribution in [3.63, 3.8) is 0 Å². The van der Waals surface area contributed by atoms with Gasteiger partial charge in [-0.2, -0.15) is 0 Å². The summed E-state index contributed by atoms with van der Waals surface area (Å²) < 4.78 is 0. The second kappa shape index (κ2) is 4.77. The summed E-state index contributed by atoms with van der Waals surface area (Å²) in [6.07, 6.45) is 5.30. The molecule has 1 heterocycles. The lowest BCUT2D eigenvalue weighted by atomic mass is 9.73. The SMILES string of the molecule is CCC(O)CN1C(=O)CC2(CCCCC2)C1=O. The maximum absolute atomic E-state index is 12.3. The highest BCUT2D eigenvalue weighted by atomic mass is 16.3. The highest BCUT2D eigenvalue weighted by molar-refractivity contribution is 6.05. The lowest BCUT2D eigenvalue weighted by Gasteiger charge is -2.30. The lowest BCUT2D eigenvalue weighted by molar-refractivity contribution is -0.143. The average molecular weight is 239 g/mol. The van der Waals surface area contributed by atoms with Crippen LogP contribution in [0.3, 0.4) is 0 Å². The van der Waals surface area contributed by atoms with E-state index in [0.29, 0.717) is 12.8 Å². The van der Waals surface area contributed by atoms with Gasteiger partial charge in [-0.1, -0.05) is 26.2 Å². The fourth-order valence-corrected chi connectivity index (χ4v) is 3.00. The number of β-amino-alcohol motifs (C(OH)–C–C–N with tert-alkyl or cyclic N) is 1. The van der Waals surface area contributed by atoms with Crippen LogP contribution >= 0.6 is 0 Å². The molecule has 1 aliphatic heterocycles. The molecular weight excluding hydrogens is 218 g/mol. The smallest absolute Gasteiger partial charge is 0.235 e. The molecule has 0 aromatic heterocycles. The van der Waals surface area contributed by atoms with E-state index >= 15 is 0 Å². The van der Waals surface area contributed by atoms with Crippen LogP contribution in [0.15, 0.2) is 0 Å². The van der Waals surface area contributed by atoms with E-state index in [-0.39, 0.29) is 18.4 Å². The topological polar surface area (TPSA) is 57.6 Å². The number of likely N-dealkylation sites (tertiary alicyclic amines) is 1. The Balaban J connectivity index is 2.10. The van der Waals surface area contributed by atoms with Crippen LogP contribution in [0.1, 0.15) is 51.9 Å². The Morgan fingerprint density at radius 2 is 1.94 bits per heavy atom. The van der Waals surface area contributed by atoms with Crippen molar-refractivity contribution in [3.8, 4) is 0 Å². The Morgan fingerprint density at radius 3 is 2.53 bits per heavy atom. The molecule has 1 spiro atoms. The Hall–Kier alpha value is -0.900. The lowest BCUT2D eigenvalue weighted by Crippen LogP contribution is -2.40. The fourth-order valence-electron chi connectivity index (χ4n) is 3.00. The highest BCUT2D eigenvalue weighted by Gasteiger charge is 2.51. The normalized spacial score (nSPS) is 25.6. The molecule has 4 nitrogen and oxygen atoms in total. The molecule has 96 valence electrons. The molecule has 2 rings (SSSR count). The van der Waals surface area contributed by atoms with E-state index in [1.807, 2.05) is 6.92 Å². The number of aliphatic hydroxyl groups is 1. The van der Waals surface area contributed by atoms with Crippen LogP contribution in [0, 0.1) is 5.41 Å². The summed E-state index contributed by atoms with van der Waals surface area (Å²) in [6, 6.07) is 0. The van der Waals surface area contributed by atoms with E-state index in [1.165, 1.54) is 11.3 Å². The van der Waals surface area contributed by atoms with Gasteiger partial charge in [0.1, 0.15) is 0 Å². The van der Waals surface area contributed by atoms with Crippen molar-refractivity contribution in [2.24, 2.45) is 5.41 Å². The van der Waals surface area contributed by atoms with Crippen LogP contribution in [-0.2, 0) is 9.59 Å². The minimum Gasteiger partial charge on any atom is -0.391 e. The number of carbonyl (C=O) groups excluding carboxylic acids is 2.